The molecule has 2 aromatic heterocycles. The molecule has 1 amide bonds. The Morgan fingerprint density at radius 3 is 2.45 bits per heavy atom. The van der Waals surface area contributed by atoms with Crippen molar-refractivity contribution in [2.24, 2.45) is 0 Å². The molecule has 2 heterocycles. The highest BCUT2D eigenvalue weighted by atomic mass is 32.2. The zero-order chi connectivity index (χ0) is 23.2. The van der Waals surface area contributed by atoms with Gasteiger partial charge in [0.2, 0.25) is 5.91 Å². The second-order valence-electron chi connectivity index (χ2n) is 7.70. The van der Waals surface area contributed by atoms with Crippen LogP contribution in [0.25, 0.3) is 11.0 Å². The van der Waals surface area contributed by atoms with Gasteiger partial charge in [0.25, 0.3) is 5.56 Å². The van der Waals surface area contributed by atoms with Crippen LogP contribution in [0.4, 0.5) is 5.69 Å². The summed E-state index contributed by atoms with van der Waals surface area (Å²) in [5.74, 6) is -0.117. The molecule has 1 unspecified atom stereocenters. The molecule has 7 heteroatoms. The molecule has 0 bridgehead atoms. The quantitative estimate of drug-likeness (QED) is 0.300. The third-order valence-electron chi connectivity index (χ3n) is 5.42. The predicted molar refractivity (Wildman–Crippen MR) is 134 cm³/mol. The molecule has 168 valence electrons. The van der Waals surface area contributed by atoms with Crippen LogP contribution in [0.5, 0.6) is 0 Å². The Balaban J connectivity index is 1.65. The van der Waals surface area contributed by atoms with E-state index in [2.05, 4.69) is 22.2 Å². The van der Waals surface area contributed by atoms with Gasteiger partial charge in [0.1, 0.15) is 0 Å². The number of fused-ring (bicyclic) bond motifs is 1. The van der Waals surface area contributed by atoms with Crippen LogP contribution in [0, 0.1) is 0 Å². The SMILES string of the molecule is CCc1ccc(NC(=O)C(CC)Sc2nc3ncccc3c(=O)n2Cc2ccccc2)cc1. The third-order valence-corrected chi connectivity index (χ3v) is 6.77. The molecule has 1 N–H and O–H groups in total. The molecule has 0 aliphatic rings. The molecule has 0 saturated carbocycles. The first kappa shape index (κ1) is 22.7. The lowest BCUT2D eigenvalue weighted by Gasteiger charge is -2.18. The Morgan fingerprint density at radius 1 is 1.00 bits per heavy atom. The molecule has 0 aliphatic heterocycles. The van der Waals surface area contributed by atoms with Crippen molar-refractivity contribution in [2.75, 3.05) is 5.32 Å². The summed E-state index contributed by atoms with van der Waals surface area (Å²) in [6.07, 6.45) is 3.15. The first-order valence-corrected chi connectivity index (χ1v) is 11.9. The van der Waals surface area contributed by atoms with Crippen molar-refractivity contribution in [2.45, 2.75) is 43.6 Å². The summed E-state index contributed by atoms with van der Waals surface area (Å²) in [6, 6.07) is 21.1. The molecule has 4 rings (SSSR count). The Labute approximate surface area is 197 Å². The molecule has 1 atom stereocenters. The van der Waals surface area contributed by atoms with Crippen molar-refractivity contribution in [3.8, 4) is 0 Å². The van der Waals surface area contributed by atoms with Gasteiger partial charge in [-0.1, -0.05) is 68.1 Å². The van der Waals surface area contributed by atoms with Gasteiger partial charge in [-0.2, -0.15) is 0 Å². The Bertz CT molecular complexity index is 1300. The summed E-state index contributed by atoms with van der Waals surface area (Å²) >= 11 is 1.30. The molecule has 33 heavy (non-hydrogen) atoms. The van der Waals surface area contributed by atoms with Crippen molar-refractivity contribution in [1.82, 2.24) is 14.5 Å². The number of thioether (sulfide) groups is 1. The van der Waals surface area contributed by atoms with Crippen LogP contribution in [0.3, 0.4) is 0 Å². The van der Waals surface area contributed by atoms with Crippen LogP contribution in [-0.4, -0.2) is 25.7 Å². The highest BCUT2D eigenvalue weighted by molar-refractivity contribution is 8.00. The van der Waals surface area contributed by atoms with Gasteiger partial charge in [-0.15, -0.1) is 0 Å². The number of hydrogen-bond acceptors (Lipinski definition) is 5. The number of nitrogens with one attached hydrogen (secondary N) is 1. The van der Waals surface area contributed by atoms with E-state index in [9.17, 15) is 9.59 Å². The zero-order valence-corrected chi connectivity index (χ0v) is 19.5. The Kier molecular flexibility index (Phi) is 7.19. The number of carbonyl (C=O) groups excluding carboxylic acids is 1. The fourth-order valence-electron chi connectivity index (χ4n) is 3.53. The standard InChI is InChI=1S/C26H26N4O2S/c1-3-18-12-14-20(15-13-18)28-24(31)22(4-2)33-26-29-23-21(11-8-16-27-23)25(32)30(26)17-19-9-6-5-7-10-19/h5-16,22H,3-4,17H2,1-2H3,(H,28,31). The summed E-state index contributed by atoms with van der Waals surface area (Å²) in [4.78, 5) is 35.3. The van der Waals surface area contributed by atoms with Gasteiger partial charge < -0.3 is 5.32 Å². The van der Waals surface area contributed by atoms with Crippen molar-refractivity contribution < 1.29 is 4.79 Å². The summed E-state index contributed by atoms with van der Waals surface area (Å²) in [5, 5.41) is 3.53. The Hall–Kier alpha value is -3.45. The van der Waals surface area contributed by atoms with Gasteiger partial charge in [0.15, 0.2) is 10.8 Å². The Morgan fingerprint density at radius 2 is 1.76 bits per heavy atom. The van der Waals surface area contributed by atoms with Gasteiger partial charge in [0.05, 0.1) is 17.2 Å². The van der Waals surface area contributed by atoms with E-state index in [4.69, 9.17) is 0 Å². The number of aryl methyl sites for hydroxylation is 1. The monoisotopic (exact) mass is 458 g/mol. The number of carbonyl (C=O) groups is 1. The number of hydrogen-bond donors (Lipinski definition) is 1. The van der Waals surface area contributed by atoms with Crippen LogP contribution < -0.4 is 10.9 Å². The number of pyridine rings is 1. The maximum absolute atomic E-state index is 13.3. The molecule has 0 fully saturated rings. The van der Waals surface area contributed by atoms with Gasteiger partial charge in [0, 0.05) is 11.9 Å². The average Bonchev–Trinajstić information content (AvgIpc) is 2.85. The molecule has 0 aliphatic carbocycles. The fraction of sp³-hybridized carbons (Fsp3) is 0.231. The van der Waals surface area contributed by atoms with Gasteiger partial charge in [-0.25, -0.2) is 9.97 Å². The van der Waals surface area contributed by atoms with E-state index in [1.807, 2.05) is 61.5 Å². The lowest BCUT2D eigenvalue weighted by atomic mass is 10.1. The fourth-order valence-corrected chi connectivity index (χ4v) is 4.53. The average molecular weight is 459 g/mol. The largest absolute Gasteiger partial charge is 0.325 e. The molecule has 4 aromatic rings. The molecule has 0 spiro atoms. The van der Waals surface area contributed by atoms with E-state index in [0.717, 1.165) is 17.7 Å². The number of rotatable bonds is 8. The highest BCUT2D eigenvalue weighted by Gasteiger charge is 2.22. The molecule has 2 aromatic carbocycles. The summed E-state index contributed by atoms with van der Waals surface area (Å²) in [6.45, 7) is 4.42. The topological polar surface area (TPSA) is 76.9 Å². The van der Waals surface area contributed by atoms with E-state index in [1.54, 1.807) is 22.9 Å². The maximum atomic E-state index is 13.3. The van der Waals surface area contributed by atoms with Crippen LogP contribution in [0.2, 0.25) is 0 Å². The van der Waals surface area contributed by atoms with Gasteiger partial charge in [-0.05, 0) is 48.2 Å². The summed E-state index contributed by atoms with van der Waals surface area (Å²) < 4.78 is 1.63. The maximum Gasteiger partial charge on any atom is 0.263 e. The van der Waals surface area contributed by atoms with E-state index in [1.165, 1.54) is 17.3 Å². The summed E-state index contributed by atoms with van der Waals surface area (Å²) in [7, 11) is 0. The van der Waals surface area contributed by atoms with Crippen molar-refractivity contribution in [1.29, 1.82) is 0 Å². The van der Waals surface area contributed by atoms with Gasteiger partial charge >= 0.3 is 0 Å². The van der Waals surface area contributed by atoms with Crippen LogP contribution in [0.15, 0.2) is 82.9 Å². The highest BCUT2D eigenvalue weighted by Crippen LogP contribution is 2.26. The van der Waals surface area contributed by atoms with E-state index >= 15 is 0 Å². The van der Waals surface area contributed by atoms with Crippen molar-refractivity contribution in [3.05, 3.63) is 94.4 Å². The number of amides is 1. The number of anilines is 1. The van der Waals surface area contributed by atoms with E-state index in [-0.39, 0.29) is 11.5 Å². The first-order chi connectivity index (χ1) is 16.1. The smallest absolute Gasteiger partial charge is 0.263 e. The molecular formula is C26H26N4O2S. The minimum Gasteiger partial charge on any atom is -0.325 e. The zero-order valence-electron chi connectivity index (χ0n) is 18.7. The number of aromatic nitrogens is 3. The van der Waals surface area contributed by atoms with E-state index in [0.29, 0.717) is 29.2 Å². The first-order valence-electron chi connectivity index (χ1n) is 11.0. The minimum absolute atomic E-state index is 0.117. The lowest BCUT2D eigenvalue weighted by Crippen LogP contribution is -2.28. The predicted octanol–water partition coefficient (Wildman–Crippen LogP) is 4.91. The van der Waals surface area contributed by atoms with Crippen molar-refractivity contribution in [3.63, 3.8) is 0 Å². The van der Waals surface area contributed by atoms with Crippen LogP contribution in [-0.2, 0) is 17.8 Å². The summed E-state index contributed by atoms with van der Waals surface area (Å²) in [5.41, 5.74) is 3.18. The van der Waals surface area contributed by atoms with Crippen molar-refractivity contribution >= 4 is 34.4 Å². The molecule has 6 nitrogen and oxygen atoms in total. The second kappa shape index (κ2) is 10.4. The molecule has 0 saturated heterocycles. The number of nitrogens with zero attached hydrogens (tertiary/aromatic N) is 3. The van der Waals surface area contributed by atoms with Crippen LogP contribution in [0.1, 0.15) is 31.4 Å². The number of benzene rings is 2. The molecular weight excluding hydrogens is 432 g/mol. The lowest BCUT2D eigenvalue weighted by molar-refractivity contribution is -0.115. The van der Waals surface area contributed by atoms with Crippen LogP contribution >= 0.6 is 11.8 Å². The third kappa shape index (κ3) is 5.31. The normalized spacial score (nSPS) is 11.9. The van der Waals surface area contributed by atoms with Gasteiger partial charge in [-0.3, -0.25) is 14.2 Å². The molecule has 0 radical (unpaired) electrons. The van der Waals surface area contributed by atoms with E-state index < -0.39 is 5.25 Å². The minimum atomic E-state index is -0.411. The second-order valence-corrected chi connectivity index (χ2v) is 8.87.